The molecular formula is C24H51N2NaO3. The SMILES string of the molecule is CCCCCCCCCCCCCCCCCCN(O)C(C)C(C)OC(=O)CN.[NaH]. The molecule has 3 N–H and O–H groups in total. The van der Waals surface area contributed by atoms with Gasteiger partial charge in [0.15, 0.2) is 0 Å². The van der Waals surface area contributed by atoms with Gasteiger partial charge in [0.25, 0.3) is 0 Å². The van der Waals surface area contributed by atoms with E-state index in [2.05, 4.69) is 6.92 Å². The van der Waals surface area contributed by atoms with Crippen molar-refractivity contribution < 1.29 is 14.7 Å². The average molecular weight is 439 g/mol. The van der Waals surface area contributed by atoms with E-state index in [4.69, 9.17) is 10.5 Å². The molecule has 0 aromatic carbocycles. The maximum absolute atomic E-state index is 11.2. The first-order valence-electron chi connectivity index (χ1n) is 12.4. The van der Waals surface area contributed by atoms with Crippen LogP contribution in [-0.2, 0) is 9.53 Å². The summed E-state index contributed by atoms with van der Waals surface area (Å²) >= 11 is 0. The molecule has 0 amide bonds. The Morgan fingerprint density at radius 1 is 0.800 bits per heavy atom. The summed E-state index contributed by atoms with van der Waals surface area (Å²) in [5, 5.41) is 11.4. The number of carbonyl (C=O) groups excluding carboxylic acids is 1. The van der Waals surface area contributed by atoms with E-state index in [9.17, 15) is 10.0 Å². The van der Waals surface area contributed by atoms with Crippen LogP contribution in [0, 0.1) is 0 Å². The molecule has 0 aliphatic rings. The summed E-state index contributed by atoms with van der Waals surface area (Å²) in [5.41, 5.74) is 5.25. The van der Waals surface area contributed by atoms with Crippen molar-refractivity contribution in [2.75, 3.05) is 13.1 Å². The van der Waals surface area contributed by atoms with Gasteiger partial charge >= 0.3 is 35.5 Å². The summed E-state index contributed by atoms with van der Waals surface area (Å²) in [7, 11) is 0. The Hall–Kier alpha value is 0.350. The Morgan fingerprint density at radius 3 is 1.53 bits per heavy atom. The molecular weight excluding hydrogens is 387 g/mol. The fourth-order valence-corrected chi connectivity index (χ4v) is 3.62. The van der Waals surface area contributed by atoms with E-state index in [-0.39, 0.29) is 48.2 Å². The number of carbonyl (C=O) groups is 1. The van der Waals surface area contributed by atoms with E-state index in [1.807, 2.05) is 6.92 Å². The van der Waals surface area contributed by atoms with E-state index >= 15 is 0 Å². The van der Waals surface area contributed by atoms with Gasteiger partial charge in [-0.2, -0.15) is 5.06 Å². The third kappa shape index (κ3) is 20.3. The topological polar surface area (TPSA) is 75.8 Å². The molecule has 0 saturated carbocycles. The Balaban J connectivity index is 0. The number of rotatable bonds is 21. The molecule has 0 heterocycles. The second-order valence-electron chi connectivity index (χ2n) is 8.61. The molecule has 0 spiro atoms. The first kappa shape index (κ1) is 32.5. The van der Waals surface area contributed by atoms with Crippen LogP contribution in [0.1, 0.15) is 124 Å². The van der Waals surface area contributed by atoms with Crippen LogP contribution >= 0.6 is 0 Å². The molecule has 2 atom stereocenters. The second-order valence-corrected chi connectivity index (χ2v) is 8.61. The quantitative estimate of drug-likeness (QED) is 0.106. The van der Waals surface area contributed by atoms with E-state index in [1.165, 1.54) is 95.0 Å². The van der Waals surface area contributed by atoms with Crippen molar-refractivity contribution >= 4 is 35.5 Å². The van der Waals surface area contributed by atoms with E-state index in [0.717, 1.165) is 12.8 Å². The van der Waals surface area contributed by atoms with Crippen molar-refractivity contribution in [2.45, 2.75) is 136 Å². The van der Waals surface area contributed by atoms with Gasteiger partial charge in [0.1, 0.15) is 6.10 Å². The number of ether oxygens (including phenoxy) is 1. The standard InChI is InChI=1S/C24H50N2O3.Na.H/c1-4-5-6-7-8-9-10-11-12-13-14-15-16-17-18-19-20-26(28)22(2)23(3)29-24(27)21-25;;/h22-23,28H,4-21,25H2,1-3H3;;. The number of hydrogen-bond donors (Lipinski definition) is 2. The van der Waals surface area contributed by atoms with Crippen LogP contribution in [0.15, 0.2) is 0 Å². The zero-order valence-corrected chi connectivity index (χ0v) is 19.7. The summed E-state index contributed by atoms with van der Waals surface area (Å²) in [6, 6.07) is -0.221. The zero-order valence-electron chi connectivity index (χ0n) is 19.7. The van der Waals surface area contributed by atoms with E-state index < -0.39 is 5.97 Å². The van der Waals surface area contributed by atoms with Crippen LogP contribution < -0.4 is 5.73 Å². The molecule has 0 saturated heterocycles. The Labute approximate surface area is 209 Å². The van der Waals surface area contributed by atoms with Crippen molar-refractivity contribution in [3.8, 4) is 0 Å². The molecule has 0 aromatic rings. The maximum atomic E-state index is 11.2. The van der Waals surface area contributed by atoms with Gasteiger partial charge in [-0.25, -0.2) is 0 Å². The van der Waals surface area contributed by atoms with Crippen molar-refractivity contribution in [1.82, 2.24) is 5.06 Å². The van der Waals surface area contributed by atoms with Gasteiger partial charge in [-0.3, -0.25) is 4.79 Å². The Bertz CT molecular complexity index is 372. The summed E-state index contributed by atoms with van der Waals surface area (Å²) < 4.78 is 5.15. The van der Waals surface area contributed by atoms with Crippen LogP contribution in [0.25, 0.3) is 0 Å². The molecule has 0 rings (SSSR count). The predicted molar refractivity (Wildman–Crippen MR) is 129 cm³/mol. The Morgan fingerprint density at radius 2 is 1.17 bits per heavy atom. The van der Waals surface area contributed by atoms with Crippen molar-refractivity contribution in [2.24, 2.45) is 5.73 Å². The first-order valence-corrected chi connectivity index (χ1v) is 12.4. The third-order valence-electron chi connectivity index (χ3n) is 5.87. The normalized spacial score (nSPS) is 13.1. The summed E-state index contributed by atoms with van der Waals surface area (Å²) in [6.45, 7) is 6.42. The monoisotopic (exact) mass is 438 g/mol. The minimum absolute atomic E-state index is 0. The van der Waals surface area contributed by atoms with Crippen molar-refractivity contribution in [3.63, 3.8) is 0 Å². The number of unbranched alkanes of at least 4 members (excludes halogenated alkanes) is 15. The van der Waals surface area contributed by atoms with Gasteiger partial charge < -0.3 is 15.7 Å². The molecule has 30 heavy (non-hydrogen) atoms. The summed E-state index contributed by atoms with van der Waals surface area (Å²) in [4.78, 5) is 11.2. The molecule has 0 fully saturated rings. The molecule has 0 radical (unpaired) electrons. The van der Waals surface area contributed by atoms with Gasteiger partial charge in [0.05, 0.1) is 12.6 Å². The number of nitrogens with zero attached hydrogens (tertiary/aromatic N) is 1. The average Bonchev–Trinajstić information content (AvgIpc) is 2.72. The number of hydroxylamine groups is 2. The van der Waals surface area contributed by atoms with Crippen LogP contribution in [0.2, 0.25) is 0 Å². The minimum atomic E-state index is -0.430. The molecule has 0 bridgehead atoms. The molecule has 0 aliphatic heterocycles. The Kier molecular flexibility index (Phi) is 26.0. The van der Waals surface area contributed by atoms with Gasteiger partial charge in [-0.15, -0.1) is 0 Å². The van der Waals surface area contributed by atoms with E-state index in [1.54, 1.807) is 6.92 Å². The fraction of sp³-hybridized carbons (Fsp3) is 0.958. The van der Waals surface area contributed by atoms with Crippen LogP contribution in [-0.4, -0.2) is 71.0 Å². The van der Waals surface area contributed by atoms with E-state index in [0.29, 0.717) is 6.54 Å². The number of nitrogens with two attached hydrogens (primary N) is 1. The molecule has 2 unspecified atom stereocenters. The van der Waals surface area contributed by atoms with Crippen molar-refractivity contribution in [3.05, 3.63) is 0 Å². The van der Waals surface area contributed by atoms with Crippen LogP contribution in [0.4, 0.5) is 0 Å². The molecule has 176 valence electrons. The number of hydrogen-bond acceptors (Lipinski definition) is 5. The second kappa shape index (κ2) is 24.0. The first-order chi connectivity index (χ1) is 14.0. The van der Waals surface area contributed by atoms with Gasteiger partial charge in [-0.1, -0.05) is 103 Å². The fourth-order valence-electron chi connectivity index (χ4n) is 3.62. The van der Waals surface area contributed by atoms with Crippen LogP contribution in [0.3, 0.4) is 0 Å². The molecule has 0 aliphatic carbocycles. The number of esters is 1. The predicted octanol–water partition coefficient (Wildman–Crippen LogP) is 5.57. The molecule has 5 nitrogen and oxygen atoms in total. The summed E-state index contributed by atoms with van der Waals surface area (Å²) in [6.07, 6.45) is 21.1. The third-order valence-corrected chi connectivity index (χ3v) is 5.87. The van der Waals surface area contributed by atoms with Gasteiger partial charge in [0.2, 0.25) is 0 Å². The summed E-state index contributed by atoms with van der Waals surface area (Å²) in [5.74, 6) is -0.430. The van der Waals surface area contributed by atoms with Crippen LogP contribution in [0.5, 0.6) is 0 Å². The molecule has 0 aromatic heterocycles. The van der Waals surface area contributed by atoms with Crippen molar-refractivity contribution in [1.29, 1.82) is 0 Å². The van der Waals surface area contributed by atoms with Gasteiger partial charge in [0, 0.05) is 6.54 Å². The zero-order chi connectivity index (χ0) is 21.7. The molecule has 6 heteroatoms. The van der Waals surface area contributed by atoms with Gasteiger partial charge in [-0.05, 0) is 20.3 Å².